The van der Waals surface area contributed by atoms with E-state index >= 15 is 0 Å². The van der Waals surface area contributed by atoms with Crippen LogP contribution in [0.1, 0.15) is 5.56 Å². The number of carbonyl (C=O) groups is 1. The summed E-state index contributed by atoms with van der Waals surface area (Å²) < 4.78 is 5.37. The number of anilines is 1. The van der Waals surface area contributed by atoms with Crippen molar-refractivity contribution in [2.24, 2.45) is 0 Å². The van der Waals surface area contributed by atoms with Crippen LogP contribution in [0.25, 0.3) is 0 Å². The molecule has 7 heteroatoms. The average molecular weight is 321 g/mol. The third kappa shape index (κ3) is 3.95. The first kappa shape index (κ1) is 15.8. The molecule has 0 aliphatic carbocycles. The number of non-ortho nitro benzene ring substituents is 1. The smallest absolute Gasteiger partial charge is 0.269 e. The second-order valence-electron chi connectivity index (χ2n) is 4.52. The van der Waals surface area contributed by atoms with Gasteiger partial charge in [-0.25, -0.2) is 0 Å². The number of benzene rings is 2. The molecule has 0 saturated carbocycles. The molecule has 0 atom stereocenters. The first-order chi connectivity index (χ1) is 10.5. The lowest BCUT2D eigenvalue weighted by atomic mass is 10.2. The van der Waals surface area contributed by atoms with Crippen LogP contribution < -0.4 is 10.1 Å². The fourth-order valence-corrected chi connectivity index (χ4v) is 1.98. The molecular formula is C15H13ClN2O4. The number of rotatable bonds is 5. The number of para-hydroxylation sites is 1. The standard InChI is InChI=1S/C15H13ClN2O4/c1-10-8-11(18(20)21)6-7-14(10)22-9-15(19)17-13-5-3-2-4-12(13)16/h2-8H,9H2,1H3,(H,17,19). The van der Waals surface area contributed by atoms with Gasteiger partial charge in [-0.05, 0) is 30.7 Å². The summed E-state index contributed by atoms with van der Waals surface area (Å²) >= 11 is 5.94. The van der Waals surface area contributed by atoms with Crippen molar-refractivity contribution < 1.29 is 14.5 Å². The zero-order chi connectivity index (χ0) is 16.1. The minimum Gasteiger partial charge on any atom is -0.483 e. The van der Waals surface area contributed by atoms with Crippen molar-refractivity contribution in [1.82, 2.24) is 0 Å². The maximum atomic E-state index is 11.8. The van der Waals surface area contributed by atoms with E-state index in [0.717, 1.165) is 0 Å². The summed E-state index contributed by atoms with van der Waals surface area (Å²) in [5.41, 5.74) is 1.06. The van der Waals surface area contributed by atoms with E-state index in [1.807, 2.05) is 0 Å². The van der Waals surface area contributed by atoms with Crippen LogP contribution in [0.4, 0.5) is 11.4 Å². The van der Waals surface area contributed by atoms with Crippen LogP contribution >= 0.6 is 11.6 Å². The predicted octanol–water partition coefficient (Wildman–Crippen LogP) is 3.57. The molecule has 0 spiro atoms. The highest BCUT2D eigenvalue weighted by atomic mass is 35.5. The summed E-state index contributed by atoms with van der Waals surface area (Å²) in [7, 11) is 0. The molecule has 22 heavy (non-hydrogen) atoms. The summed E-state index contributed by atoms with van der Waals surface area (Å²) in [4.78, 5) is 22.0. The number of nitrogens with zero attached hydrogens (tertiary/aromatic N) is 1. The molecule has 0 saturated heterocycles. The molecule has 0 aliphatic rings. The Balaban J connectivity index is 1.97. The minimum absolute atomic E-state index is 0.0228. The summed E-state index contributed by atoms with van der Waals surface area (Å²) in [5, 5.41) is 13.7. The van der Waals surface area contributed by atoms with Crippen molar-refractivity contribution in [1.29, 1.82) is 0 Å². The van der Waals surface area contributed by atoms with E-state index in [1.54, 1.807) is 31.2 Å². The topological polar surface area (TPSA) is 81.5 Å². The molecule has 1 amide bonds. The lowest BCUT2D eigenvalue weighted by Gasteiger charge is -2.10. The van der Waals surface area contributed by atoms with Crippen molar-refractivity contribution in [3.05, 3.63) is 63.2 Å². The molecule has 2 aromatic carbocycles. The Labute approximate surface area is 131 Å². The Morgan fingerprint density at radius 2 is 2.05 bits per heavy atom. The largest absolute Gasteiger partial charge is 0.483 e. The summed E-state index contributed by atoms with van der Waals surface area (Å²) in [6, 6.07) is 11.0. The number of hydrogen-bond acceptors (Lipinski definition) is 4. The quantitative estimate of drug-likeness (QED) is 0.674. The maximum Gasteiger partial charge on any atom is 0.269 e. The number of ether oxygens (including phenoxy) is 1. The number of hydrogen-bond donors (Lipinski definition) is 1. The number of halogens is 1. The van der Waals surface area contributed by atoms with E-state index in [0.29, 0.717) is 22.0 Å². The highest BCUT2D eigenvalue weighted by Crippen LogP contribution is 2.23. The maximum absolute atomic E-state index is 11.8. The summed E-state index contributed by atoms with van der Waals surface area (Å²) in [6.07, 6.45) is 0. The molecule has 0 bridgehead atoms. The van der Waals surface area contributed by atoms with Crippen molar-refractivity contribution in [2.75, 3.05) is 11.9 Å². The highest BCUT2D eigenvalue weighted by molar-refractivity contribution is 6.33. The molecule has 0 heterocycles. The van der Waals surface area contributed by atoms with Gasteiger partial charge in [-0.3, -0.25) is 14.9 Å². The second kappa shape index (κ2) is 6.91. The van der Waals surface area contributed by atoms with Crippen LogP contribution in [-0.2, 0) is 4.79 Å². The fourth-order valence-electron chi connectivity index (χ4n) is 1.80. The Hall–Kier alpha value is -2.60. The van der Waals surface area contributed by atoms with Gasteiger partial charge in [0.05, 0.1) is 15.6 Å². The average Bonchev–Trinajstić information content (AvgIpc) is 2.48. The van der Waals surface area contributed by atoms with E-state index in [1.165, 1.54) is 18.2 Å². The number of nitro groups is 1. The van der Waals surface area contributed by atoms with Gasteiger partial charge in [0.1, 0.15) is 5.75 Å². The SMILES string of the molecule is Cc1cc([N+](=O)[O-])ccc1OCC(=O)Nc1ccccc1Cl. The van der Waals surface area contributed by atoms with Crippen LogP contribution in [0, 0.1) is 17.0 Å². The van der Waals surface area contributed by atoms with Gasteiger partial charge in [-0.1, -0.05) is 23.7 Å². The monoisotopic (exact) mass is 320 g/mol. The number of aryl methyl sites for hydroxylation is 1. The zero-order valence-electron chi connectivity index (χ0n) is 11.7. The van der Waals surface area contributed by atoms with Gasteiger partial charge in [0.25, 0.3) is 11.6 Å². The van der Waals surface area contributed by atoms with Crippen LogP contribution in [0.3, 0.4) is 0 Å². The van der Waals surface area contributed by atoms with Gasteiger partial charge in [0, 0.05) is 12.1 Å². The molecule has 0 radical (unpaired) electrons. The molecule has 114 valence electrons. The van der Waals surface area contributed by atoms with Crippen LogP contribution in [-0.4, -0.2) is 17.4 Å². The normalized spacial score (nSPS) is 10.1. The molecule has 0 unspecified atom stereocenters. The molecule has 0 aliphatic heterocycles. The number of nitro benzene ring substituents is 1. The highest BCUT2D eigenvalue weighted by Gasteiger charge is 2.11. The van der Waals surface area contributed by atoms with Crippen molar-refractivity contribution in [3.8, 4) is 5.75 Å². The van der Waals surface area contributed by atoms with Crippen LogP contribution in [0.15, 0.2) is 42.5 Å². The van der Waals surface area contributed by atoms with Crippen molar-refractivity contribution in [3.63, 3.8) is 0 Å². The van der Waals surface area contributed by atoms with Gasteiger partial charge in [0.15, 0.2) is 6.61 Å². The number of carbonyl (C=O) groups excluding carboxylic acids is 1. The van der Waals surface area contributed by atoms with Gasteiger partial charge < -0.3 is 10.1 Å². The van der Waals surface area contributed by atoms with E-state index in [4.69, 9.17) is 16.3 Å². The number of amides is 1. The molecule has 1 N–H and O–H groups in total. The summed E-state index contributed by atoms with van der Waals surface area (Å²) in [6.45, 7) is 1.46. The Kier molecular flexibility index (Phi) is 4.95. The van der Waals surface area contributed by atoms with Crippen LogP contribution in [0.2, 0.25) is 5.02 Å². The van der Waals surface area contributed by atoms with E-state index in [9.17, 15) is 14.9 Å². The molecule has 2 rings (SSSR count). The zero-order valence-corrected chi connectivity index (χ0v) is 12.5. The Morgan fingerprint density at radius 1 is 1.32 bits per heavy atom. The van der Waals surface area contributed by atoms with Crippen molar-refractivity contribution >= 4 is 28.9 Å². The molecule has 0 fully saturated rings. The molecular weight excluding hydrogens is 308 g/mol. The lowest BCUT2D eigenvalue weighted by Crippen LogP contribution is -2.20. The van der Waals surface area contributed by atoms with Gasteiger partial charge in [-0.2, -0.15) is 0 Å². The number of nitrogens with one attached hydrogen (secondary N) is 1. The second-order valence-corrected chi connectivity index (χ2v) is 4.93. The lowest BCUT2D eigenvalue weighted by molar-refractivity contribution is -0.384. The predicted molar refractivity (Wildman–Crippen MR) is 83.4 cm³/mol. The Bertz CT molecular complexity index is 718. The summed E-state index contributed by atoms with van der Waals surface area (Å²) in [5.74, 6) is 0.0470. The third-order valence-electron chi connectivity index (χ3n) is 2.88. The van der Waals surface area contributed by atoms with Crippen molar-refractivity contribution in [2.45, 2.75) is 6.92 Å². The van der Waals surface area contributed by atoms with Gasteiger partial charge in [-0.15, -0.1) is 0 Å². The van der Waals surface area contributed by atoms with Gasteiger partial charge >= 0.3 is 0 Å². The van der Waals surface area contributed by atoms with Crippen LogP contribution in [0.5, 0.6) is 5.75 Å². The first-order valence-electron chi connectivity index (χ1n) is 6.39. The third-order valence-corrected chi connectivity index (χ3v) is 3.21. The minimum atomic E-state index is -0.485. The van der Waals surface area contributed by atoms with Gasteiger partial charge in [0.2, 0.25) is 0 Å². The molecule has 6 nitrogen and oxygen atoms in total. The molecule has 0 aromatic heterocycles. The van der Waals surface area contributed by atoms with E-state index < -0.39 is 4.92 Å². The van der Waals surface area contributed by atoms with E-state index in [2.05, 4.69) is 5.32 Å². The molecule has 2 aromatic rings. The van der Waals surface area contributed by atoms with E-state index in [-0.39, 0.29) is 18.2 Å². The fraction of sp³-hybridized carbons (Fsp3) is 0.133. The first-order valence-corrected chi connectivity index (χ1v) is 6.77. The Morgan fingerprint density at radius 3 is 2.68 bits per heavy atom.